The summed E-state index contributed by atoms with van der Waals surface area (Å²) in [5.41, 5.74) is 1.30. The van der Waals surface area contributed by atoms with Gasteiger partial charge < -0.3 is 0 Å². The van der Waals surface area contributed by atoms with Crippen LogP contribution < -0.4 is 0 Å². The molecule has 0 radical (unpaired) electrons. The van der Waals surface area contributed by atoms with Crippen LogP contribution in [0.25, 0.3) is 43.1 Å². The molecule has 2 heterocycles. The molecule has 0 aromatic heterocycles. The van der Waals surface area contributed by atoms with E-state index in [1.807, 2.05) is 0 Å². The third-order valence-corrected chi connectivity index (χ3v) is 8.92. The first-order chi connectivity index (χ1) is 17.0. The Bertz CT molecular complexity index is 1730. The Hall–Kier alpha value is -2.57. The summed E-state index contributed by atoms with van der Waals surface area (Å²) in [4.78, 5) is 55.4. The van der Waals surface area contributed by atoms with E-state index >= 15 is 0 Å². The van der Waals surface area contributed by atoms with Gasteiger partial charge in [0.15, 0.2) is 0 Å². The van der Waals surface area contributed by atoms with Crippen molar-refractivity contribution in [2.45, 2.75) is 19.6 Å². The molecule has 0 saturated heterocycles. The number of hydrogen-bond acceptors (Lipinski definition) is 9. The maximum absolute atomic E-state index is 13.1. The van der Waals surface area contributed by atoms with Gasteiger partial charge in [0.25, 0.3) is 23.6 Å². The highest BCUT2D eigenvalue weighted by atomic mass is 32.1. The normalized spacial score (nSPS) is 15.6. The van der Waals surface area contributed by atoms with Gasteiger partial charge in [0.1, 0.15) is 0 Å². The second-order valence-electron chi connectivity index (χ2n) is 8.86. The van der Waals surface area contributed by atoms with Crippen LogP contribution in [0.5, 0.6) is 0 Å². The average molecular weight is 565 g/mol. The third kappa shape index (κ3) is 2.43. The largest absolute Gasteiger partial charge is 0.277 e. The predicted octanol–water partition coefficient (Wildman–Crippen LogP) is 5.56. The Kier molecular flexibility index (Phi) is 4.43. The molecule has 2 aliphatic rings. The lowest BCUT2D eigenvalue weighted by Crippen LogP contribution is -2.37. The molecule has 0 fully saturated rings. The second kappa shape index (κ2) is 7.05. The zero-order chi connectivity index (χ0) is 25.5. The molecule has 0 N–H and O–H groups in total. The van der Waals surface area contributed by atoms with Gasteiger partial charge in [-0.25, -0.2) is 4.31 Å². The highest BCUT2D eigenvalue weighted by Gasteiger charge is 2.37. The summed E-state index contributed by atoms with van der Waals surface area (Å²) in [6.45, 7) is 0. The van der Waals surface area contributed by atoms with E-state index in [0.29, 0.717) is 84.9 Å². The minimum Gasteiger partial charge on any atom is -0.277 e. The Balaban J connectivity index is 1.89. The number of fused-ring (bicyclic) bond motifs is 2. The van der Waals surface area contributed by atoms with Crippen molar-refractivity contribution in [1.82, 2.24) is 9.21 Å². The Morgan fingerprint density at radius 1 is 0.472 bits per heavy atom. The molecule has 0 spiro atoms. The first-order valence-electron chi connectivity index (χ1n) is 10.6. The average Bonchev–Trinajstić information content (AvgIpc) is 2.84. The standard InChI is InChI=1S/C25H12N2O4S5/c1-26-22(28)6-2-10(32)16-18-12(34)4-8-15-9(25(31)27(36)24(8)30)5-13(35)19(21(15)18)17-11(33)3-7(23(26)29)14(6)20(16)17/h2-5,32-36H,1H3. The molecule has 5 aromatic rings. The van der Waals surface area contributed by atoms with Crippen molar-refractivity contribution < 1.29 is 19.2 Å². The molecule has 6 nitrogen and oxygen atoms in total. The maximum atomic E-state index is 13.1. The van der Waals surface area contributed by atoms with Crippen LogP contribution in [0.2, 0.25) is 0 Å². The molecular weight excluding hydrogens is 553 g/mol. The lowest BCUT2D eigenvalue weighted by molar-refractivity contribution is 0.0647. The number of amides is 4. The molecule has 5 aromatic carbocycles. The molecule has 0 saturated carbocycles. The van der Waals surface area contributed by atoms with Crippen molar-refractivity contribution in [2.24, 2.45) is 0 Å². The second-order valence-corrected chi connectivity index (χ2v) is 11.2. The van der Waals surface area contributed by atoms with Gasteiger partial charge in [0.05, 0.1) is 11.1 Å². The van der Waals surface area contributed by atoms with Gasteiger partial charge in [0, 0.05) is 80.8 Å². The number of thiol groups is 5. The summed E-state index contributed by atoms with van der Waals surface area (Å²) in [7, 11) is 1.44. The van der Waals surface area contributed by atoms with E-state index < -0.39 is 23.6 Å². The summed E-state index contributed by atoms with van der Waals surface area (Å²) in [5.74, 6) is -1.96. The van der Waals surface area contributed by atoms with Gasteiger partial charge in [-0.05, 0) is 24.3 Å². The summed E-state index contributed by atoms with van der Waals surface area (Å²) in [6.07, 6.45) is 0. The van der Waals surface area contributed by atoms with E-state index in [4.69, 9.17) is 50.5 Å². The Morgan fingerprint density at radius 3 is 1.06 bits per heavy atom. The number of benzene rings is 5. The van der Waals surface area contributed by atoms with Crippen molar-refractivity contribution in [1.29, 1.82) is 0 Å². The number of imide groups is 2. The third-order valence-electron chi connectivity index (χ3n) is 7.14. The number of hydrogen-bond donors (Lipinski definition) is 5. The maximum Gasteiger partial charge on any atom is 0.271 e. The van der Waals surface area contributed by atoms with Crippen LogP contribution in [0, 0.1) is 0 Å². The van der Waals surface area contributed by atoms with Crippen LogP contribution in [0.4, 0.5) is 0 Å². The number of carbonyl (C=O) groups excluding carboxylic acids is 4. The molecule has 0 bridgehead atoms. The fourth-order valence-electron chi connectivity index (χ4n) is 5.68. The van der Waals surface area contributed by atoms with Gasteiger partial charge in [-0.3, -0.25) is 24.1 Å². The monoisotopic (exact) mass is 564 g/mol. The fraction of sp³-hybridized carbons (Fsp3) is 0.0400. The van der Waals surface area contributed by atoms with Crippen LogP contribution >= 0.6 is 63.3 Å². The minimum atomic E-state index is -0.553. The quantitative estimate of drug-likeness (QED) is 0.0739. The van der Waals surface area contributed by atoms with Crippen LogP contribution in [0.3, 0.4) is 0 Å². The highest BCUT2D eigenvalue weighted by Crippen LogP contribution is 2.52. The van der Waals surface area contributed by atoms with Crippen molar-refractivity contribution in [3.8, 4) is 0 Å². The fourth-order valence-corrected chi connectivity index (χ4v) is 7.30. The van der Waals surface area contributed by atoms with Crippen LogP contribution in [0.15, 0.2) is 43.8 Å². The molecule has 0 aliphatic carbocycles. The predicted molar refractivity (Wildman–Crippen MR) is 153 cm³/mol. The summed E-state index contributed by atoms with van der Waals surface area (Å²) >= 11 is 23.1. The molecular formula is C25H12N2O4S5. The number of nitrogens with zero attached hydrogens (tertiary/aromatic N) is 2. The van der Waals surface area contributed by atoms with Crippen molar-refractivity contribution in [3.63, 3.8) is 0 Å². The van der Waals surface area contributed by atoms with Gasteiger partial charge in [-0.15, -0.1) is 50.5 Å². The first kappa shape index (κ1) is 22.6. The molecule has 11 heteroatoms. The van der Waals surface area contributed by atoms with Gasteiger partial charge in [-0.1, -0.05) is 12.8 Å². The van der Waals surface area contributed by atoms with Crippen molar-refractivity contribution in [3.05, 3.63) is 46.5 Å². The van der Waals surface area contributed by atoms with Crippen LogP contribution in [-0.4, -0.2) is 39.9 Å². The summed E-state index contributed by atoms with van der Waals surface area (Å²) in [6, 6.07) is 6.53. The highest BCUT2D eigenvalue weighted by molar-refractivity contribution is 7.81. The molecule has 0 atom stereocenters. The van der Waals surface area contributed by atoms with Crippen LogP contribution in [-0.2, 0) is 0 Å². The topological polar surface area (TPSA) is 74.8 Å². The Morgan fingerprint density at radius 2 is 0.750 bits per heavy atom. The summed E-state index contributed by atoms with van der Waals surface area (Å²) in [5, 5.41) is 4.83. The van der Waals surface area contributed by atoms with Crippen molar-refractivity contribution in [2.75, 3.05) is 7.05 Å². The van der Waals surface area contributed by atoms with E-state index in [9.17, 15) is 19.2 Å². The number of carbonyl (C=O) groups is 4. The minimum absolute atomic E-state index is 0.292. The molecule has 2 aliphatic heterocycles. The molecule has 36 heavy (non-hydrogen) atoms. The number of rotatable bonds is 0. The lowest BCUT2D eigenvalue weighted by atomic mass is 9.82. The van der Waals surface area contributed by atoms with E-state index in [0.717, 1.165) is 9.21 Å². The van der Waals surface area contributed by atoms with E-state index in [-0.39, 0.29) is 0 Å². The molecule has 176 valence electrons. The molecule has 7 rings (SSSR count). The summed E-state index contributed by atoms with van der Waals surface area (Å²) < 4.78 is 0.781. The lowest BCUT2D eigenvalue weighted by Gasteiger charge is -2.29. The molecule has 4 amide bonds. The van der Waals surface area contributed by atoms with Gasteiger partial charge in [-0.2, -0.15) is 0 Å². The van der Waals surface area contributed by atoms with E-state index in [1.165, 1.54) is 7.05 Å². The van der Waals surface area contributed by atoms with E-state index in [2.05, 4.69) is 12.8 Å². The zero-order valence-corrected chi connectivity index (χ0v) is 22.5. The van der Waals surface area contributed by atoms with E-state index in [1.54, 1.807) is 24.3 Å². The van der Waals surface area contributed by atoms with Crippen molar-refractivity contribution >= 4 is 130 Å². The van der Waals surface area contributed by atoms with Crippen LogP contribution in [0.1, 0.15) is 41.4 Å². The zero-order valence-electron chi connectivity index (χ0n) is 18.1. The first-order valence-corrected chi connectivity index (χ1v) is 12.8. The Labute approximate surface area is 230 Å². The van der Waals surface area contributed by atoms with Gasteiger partial charge in [0.2, 0.25) is 0 Å². The molecule has 0 unspecified atom stereocenters. The van der Waals surface area contributed by atoms with Gasteiger partial charge >= 0.3 is 0 Å². The SMILES string of the molecule is CN1C(=O)c2cc(S)c3c4c(S)cc5c6c(cc(S)c(c7c(S)cc(c2c37)C1=O)c64)C(=O)N(S)C5=O. The smallest absolute Gasteiger partial charge is 0.271 e.